The number of nitriles is 1. The van der Waals surface area contributed by atoms with Crippen molar-refractivity contribution < 1.29 is 18.3 Å². The molecule has 0 unspecified atom stereocenters. The van der Waals surface area contributed by atoms with Crippen LogP contribution in [0.25, 0.3) is 22.0 Å². The van der Waals surface area contributed by atoms with E-state index < -0.39 is 23.6 Å². The van der Waals surface area contributed by atoms with Crippen molar-refractivity contribution in [2.24, 2.45) is 0 Å². The summed E-state index contributed by atoms with van der Waals surface area (Å²) in [6.07, 6.45) is 3.86. The first kappa shape index (κ1) is 30.6. The predicted octanol–water partition coefficient (Wildman–Crippen LogP) is 6.01. The number of nitrogens with zero attached hydrogens (tertiary/aromatic N) is 6. The van der Waals surface area contributed by atoms with Crippen molar-refractivity contribution >= 4 is 46.0 Å². The number of aromatic nitrogens is 2. The van der Waals surface area contributed by atoms with Crippen LogP contribution in [0.2, 0.25) is 5.02 Å². The minimum absolute atomic E-state index is 0.0215. The molecule has 1 aromatic heterocycles. The maximum absolute atomic E-state index is 16.8. The number of piperazine rings is 1. The van der Waals surface area contributed by atoms with E-state index in [1.807, 2.05) is 24.1 Å². The molecule has 0 saturated carbocycles. The number of amides is 1. The van der Waals surface area contributed by atoms with Crippen LogP contribution < -0.4 is 9.64 Å². The standard InChI is InChI=1S/C32H33ClF2N6O2S/c1-19(34)31(42)41-14-13-40(17-20(41)10-11-36)30-24-16-25(33)27(23-7-3-9-26-22(23)8-5-15-44-26)28(35)29(24)37-32(38-30)43-18-21-6-4-12-39(21)2/h3,7,9,16,20-21H,1,4-6,8,10,12-15,17-18H2,2H3/t20-,21-/m0/s1. The number of thioether (sulfide) groups is 1. The third kappa shape index (κ3) is 5.83. The number of hydrogen-bond acceptors (Lipinski definition) is 8. The van der Waals surface area contributed by atoms with Gasteiger partial charge in [0.05, 0.1) is 23.6 Å². The molecule has 0 bridgehead atoms. The highest BCUT2D eigenvalue weighted by atomic mass is 35.5. The van der Waals surface area contributed by atoms with Gasteiger partial charge in [-0.15, -0.1) is 11.8 Å². The molecule has 6 rings (SSSR count). The summed E-state index contributed by atoms with van der Waals surface area (Å²) in [5, 5.41) is 10.1. The van der Waals surface area contributed by atoms with Crippen molar-refractivity contribution in [3.8, 4) is 23.2 Å². The quantitative estimate of drug-likeness (QED) is 0.291. The van der Waals surface area contributed by atoms with Crippen LogP contribution in [0.15, 0.2) is 41.6 Å². The molecule has 8 nitrogen and oxygen atoms in total. The fourth-order valence-electron chi connectivity index (χ4n) is 6.45. The number of benzene rings is 2. The highest BCUT2D eigenvalue weighted by Gasteiger charge is 2.34. The van der Waals surface area contributed by atoms with E-state index in [0.717, 1.165) is 54.0 Å². The third-order valence-electron chi connectivity index (χ3n) is 8.75. The van der Waals surface area contributed by atoms with Gasteiger partial charge in [-0.1, -0.05) is 30.3 Å². The van der Waals surface area contributed by atoms with Gasteiger partial charge in [-0.2, -0.15) is 15.2 Å². The number of likely N-dealkylation sites (tertiary alicyclic amines) is 1. The van der Waals surface area contributed by atoms with Crippen LogP contribution in [0.4, 0.5) is 14.6 Å². The van der Waals surface area contributed by atoms with Crippen molar-refractivity contribution in [3.63, 3.8) is 0 Å². The molecule has 12 heteroatoms. The Morgan fingerprint density at radius 3 is 2.84 bits per heavy atom. The SMILES string of the molecule is C=C(F)C(=O)N1CCN(c2nc(OC[C@@H]3CCCN3C)nc3c(F)c(-c4cccc5c4CCCS5)c(Cl)cc23)C[C@@H]1CC#N. The van der Waals surface area contributed by atoms with Gasteiger partial charge in [-0.05, 0) is 68.3 Å². The molecule has 3 aromatic rings. The van der Waals surface area contributed by atoms with Crippen LogP contribution in [-0.4, -0.2) is 83.3 Å². The maximum atomic E-state index is 16.8. The highest BCUT2D eigenvalue weighted by Crippen LogP contribution is 2.43. The maximum Gasteiger partial charge on any atom is 0.319 e. The number of halogens is 3. The molecule has 4 heterocycles. The average Bonchev–Trinajstić information content (AvgIpc) is 3.44. The number of carbonyl (C=O) groups is 1. The number of likely N-dealkylation sites (N-methyl/N-ethyl adjacent to an activating group) is 1. The normalized spacial score (nSPS) is 20.4. The minimum atomic E-state index is -1.08. The summed E-state index contributed by atoms with van der Waals surface area (Å²) in [4.78, 5) is 28.3. The van der Waals surface area contributed by atoms with Crippen molar-refractivity contribution in [2.45, 2.75) is 49.1 Å². The lowest BCUT2D eigenvalue weighted by atomic mass is 9.95. The van der Waals surface area contributed by atoms with E-state index in [1.165, 1.54) is 4.90 Å². The first-order chi connectivity index (χ1) is 21.3. The van der Waals surface area contributed by atoms with Crippen molar-refractivity contribution in [1.82, 2.24) is 19.8 Å². The van der Waals surface area contributed by atoms with Gasteiger partial charge in [-0.3, -0.25) is 4.79 Å². The summed E-state index contributed by atoms with van der Waals surface area (Å²) in [6.45, 7) is 5.04. The molecule has 2 saturated heterocycles. The number of hydrogen-bond donors (Lipinski definition) is 0. The topological polar surface area (TPSA) is 85.6 Å². The first-order valence-electron chi connectivity index (χ1n) is 14.8. The Labute approximate surface area is 264 Å². The van der Waals surface area contributed by atoms with Crippen LogP contribution in [0.5, 0.6) is 6.01 Å². The molecule has 230 valence electrons. The fraction of sp³-hybridized carbons (Fsp3) is 0.438. The summed E-state index contributed by atoms with van der Waals surface area (Å²) in [5.74, 6) is -1.08. The van der Waals surface area contributed by atoms with Gasteiger partial charge in [0.2, 0.25) is 0 Å². The van der Waals surface area contributed by atoms with Crippen LogP contribution in [0, 0.1) is 17.1 Å². The summed E-state index contributed by atoms with van der Waals surface area (Å²) in [7, 11) is 2.04. The van der Waals surface area contributed by atoms with E-state index in [-0.39, 0.29) is 48.6 Å². The van der Waals surface area contributed by atoms with E-state index in [9.17, 15) is 14.4 Å². The van der Waals surface area contributed by atoms with Crippen molar-refractivity contribution in [1.29, 1.82) is 5.26 Å². The van der Waals surface area contributed by atoms with Crippen LogP contribution >= 0.6 is 23.4 Å². The number of anilines is 1. The van der Waals surface area contributed by atoms with Gasteiger partial charge in [0.15, 0.2) is 11.6 Å². The van der Waals surface area contributed by atoms with E-state index >= 15 is 4.39 Å². The van der Waals surface area contributed by atoms with E-state index in [4.69, 9.17) is 21.3 Å². The third-order valence-corrected chi connectivity index (χ3v) is 10.2. The number of ether oxygens (including phenoxy) is 1. The molecule has 3 aliphatic heterocycles. The van der Waals surface area contributed by atoms with Gasteiger partial charge >= 0.3 is 6.01 Å². The Bertz CT molecular complexity index is 1670. The zero-order chi connectivity index (χ0) is 31.0. The van der Waals surface area contributed by atoms with Crippen molar-refractivity contribution in [2.75, 3.05) is 50.5 Å². The molecular formula is C32H33ClF2N6O2S. The van der Waals surface area contributed by atoms with Gasteiger partial charge in [-0.25, -0.2) is 8.78 Å². The smallest absolute Gasteiger partial charge is 0.319 e. The Kier molecular flexibility index (Phi) is 8.94. The minimum Gasteiger partial charge on any atom is -0.462 e. The zero-order valence-corrected chi connectivity index (χ0v) is 26.1. The van der Waals surface area contributed by atoms with E-state index in [0.29, 0.717) is 23.4 Å². The Morgan fingerprint density at radius 1 is 1.25 bits per heavy atom. The average molecular weight is 639 g/mol. The number of carbonyl (C=O) groups excluding carboxylic acids is 1. The molecule has 2 aromatic carbocycles. The summed E-state index contributed by atoms with van der Waals surface area (Å²) >= 11 is 8.63. The monoisotopic (exact) mass is 638 g/mol. The van der Waals surface area contributed by atoms with Crippen LogP contribution in [0.3, 0.4) is 0 Å². The van der Waals surface area contributed by atoms with Gasteiger partial charge < -0.3 is 19.4 Å². The molecule has 44 heavy (non-hydrogen) atoms. The summed E-state index contributed by atoms with van der Waals surface area (Å²) in [6, 6.07) is 9.27. The second kappa shape index (κ2) is 12.9. The van der Waals surface area contributed by atoms with E-state index in [2.05, 4.69) is 28.6 Å². The second-order valence-corrected chi connectivity index (χ2v) is 13.0. The van der Waals surface area contributed by atoms with Gasteiger partial charge in [0, 0.05) is 41.5 Å². The van der Waals surface area contributed by atoms with Crippen molar-refractivity contribution in [3.05, 3.63) is 53.1 Å². The molecule has 0 aliphatic carbocycles. The molecule has 2 atom stereocenters. The molecule has 0 N–H and O–H groups in total. The molecule has 0 spiro atoms. The largest absolute Gasteiger partial charge is 0.462 e. The highest BCUT2D eigenvalue weighted by molar-refractivity contribution is 7.99. The fourth-order valence-corrected chi connectivity index (χ4v) is 7.81. The lowest BCUT2D eigenvalue weighted by molar-refractivity contribution is -0.131. The lowest BCUT2D eigenvalue weighted by Gasteiger charge is -2.41. The lowest BCUT2D eigenvalue weighted by Crippen LogP contribution is -2.55. The molecular weight excluding hydrogens is 606 g/mol. The number of fused-ring (bicyclic) bond motifs is 2. The Balaban J connectivity index is 1.45. The Morgan fingerprint density at radius 2 is 2.09 bits per heavy atom. The van der Waals surface area contributed by atoms with Gasteiger partial charge in [0.1, 0.15) is 17.9 Å². The summed E-state index contributed by atoms with van der Waals surface area (Å²) < 4.78 is 36.7. The second-order valence-electron chi connectivity index (χ2n) is 11.5. The zero-order valence-electron chi connectivity index (χ0n) is 24.5. The van der Waals surface area contributed by atoms with Crippen LogP contribution in [0.1, 0.15) is 31.2 Å². The molecule has 2 fully saturated rings. The number of rotatable bonds is 7. The predicted molar refractivity (Wildman–Crippen MR) is 168 cm³/mol. The molecule has 1 amide bonds. The molecule has 3 aliphatic rings. The van der Waals surface area contributed by atoms with Gasteiger partial charge in [0.25, 0.3) is 5.91 Å². The molecule has 0 radical (unpaired) electrons. The summed E-state index contributed by atoms with van der Waals surface area (Å²) in [5.41, 5.74) is 2.21. The van der Waals surface area contributed by atoms with E-state index in [1.54, 1.807) is 17.8 Å². The van der Waals surface area contributed by atoms with Crippen LogP contribution in [-0.2, 0) is 11.2 Å². The Hall–Kier alpha value is -3.46. The first-order valence-corrected chi connectivity index (χ1v) is 16.2.